The van der Waals surface area contributed by atoms with Crippen molar-refractivity contribution in [1.82, 2.24) is 9.80 Å². The van der Waals surface area contributed by atoms with Gasteiger partial charge in [0.15, 0.2) is 0 Å². The predicted molar refractivity (Wildman–Crippen MR) is 95.5 cm³/mol. The normalized spacial score (nSPS) is 19.2. The Labute approximate surface area is 156 Å². The Morgan fingerprint density at radius 2 is 1.56 bits per heavy atom. The van der Waals surface area contributed by atoms with Gasteiger partial charge in [0.05, 0.1) is 15.6 Å². The number of amides is 2. The van der Waals surface area contributed by atoms with E-state index in [1.807, 2.05) is 4.90 Å². The summed E-state index contributed by atoms with van der Waals surface area (Å²) < 4.78 is 13.6. The minimum absolute atomic E-state index is 0.0282. The summed E-state index contributed by atoms with van der Waals surface area (Å²) in [5.41, 5.74) is 0.115. The fourth-order valence-electron chi connectivity index (χ4n) is 3.56. The quantitative estimate of drug-likeness (QED) is 0.720. The molecule has 2 aliphatic heterocycles. The Balaban J connectivity index is 1.61. The van der Waals surface area contributed by atoms with Crippen molar-refractivity contribution >= 4 is 35.0 Å². The van der Waals surface area contributed by atoms with E-state index in [2.05, 4.69) is 0 Å². The number of piperidine rings is 2. The molecule has 1 aromatic rings. The van der Waals surface area contributed by atoms with Crippen LogP contribution in [0.4, 0.5) is 4.39 Å². The van der Waals surface area contributed by atoms with Gasteiger partial charge in [-0.2, -0.15) is 0 Å². The topological polar surface area (TPSA) is 40.6 Å². The number of nitrogens with zero attached hydrogens (tertiary/aromatic N) is 2. The first-order chi connectivity index (χ1) is 12.0. The molecule has 0 saturated carbocycles. The SMILES string of the molecule is O=C(c1cc(F)c(Cl)cc1Cl)N1CCC(C(=O)N2CCCCC2)CC1. The number of carbonyl (C=O) groups excluding carboxylic acids is 2. The van der Waals surface area contributed by atoms with Gasteiger partial charge in [0, 0.05) is 32.1 Å². The van der Waals surface area contributed by atoms with E-state index in [-0.39, 0.29) is 33.3 Å². The molecule has 3 rings (SSSR count). The highest BCUT2D eigenvalue weighted by Crippen LogP contribution is 2.28. The van der Waals surface area contributed by atoms with Crippen molar-refractivity contribution < 1.29 is 14.0 Å². The third kappa shape index (κ3) is 4.09. The van der Waals surface area contributed by atoms with E-state index in [1.165, 1.54) is 12.5 Å². The summed E-state index contributed by atoms with van der Waals surface area (Å²) in [4.78, 5) is 28.8. The first-order valence-electron chi connectivity index (χ1n) is 8.70. The van der Waals surface area contributed by atoms with E-state index in [0.29, 0.717) is 25.9 Å². The highest BCUT2D eigenvalue weighted by Gasteiger charge is 2.31. The number of benzene rings is 1. The summed E-state index contributed by atoms with van der Waals surface area (Å²) in [6.45, 7) is 2.64. The van der Waals surface area contributed by atoms with E-state index < -0.39 is 5.82 Å². The summed E-state index contributed by atoms with van der Waals surface area (Å²) >= 11 is 11.7. The summed E-state index contributed by atoms with van der Waals surface area (Å²) in [5.74, 6) is -0.795. The zero-order valence-electron chi connectivity index (χ0n) is 13.9. The molecule has 0 unspecified atom stereocenters. The third-order valence-corrected chi connectivity index (χ3v) is 5.64. The molecule has 2 saturated heterocycles. The lowest BCUT2D eigenvalue weighted by Gasteiger charge is -2.35. The van der Waals surface area contributed by atoms with E-state index in [9.17, 15) is 14.0 Å². The fourth-order valence-corrected chi connectivity index (χ4v) is 4.02. The Bertz CT molecular complexity index is 669. The predicted octanol–water partition coefficient (Wildman–Crippen LogP) is 4.00. The zero-order valence-corrected chi connectivity index (χ0v) is 15.5. The Morgan fingerprint density at radius 1 is 0.920 bits per heavy atom. The van der Waals surface area contributed by atoms with Gasteiger partial charge in [-0.05, 0) is 44.2 Å². The second-order valence-electron chi connectivity index (χ2n) is 6.70. The maximum atomic E-state index is 13.6. The molecular formula is C18H21Cl2FN2O2. The summed E-state index contributed by atoms with van der Waals surface area (Å²) in [6.07, 6.45) is 4.60. The van der Waals surface area contributed by atoms with E-state index in [1.54, 1.807) is 4.90 Å². The first-order valence-corrected chi connectivity index (χ1v) is 9.45. The lowest BCUT2D eigenvalue weighted by atomic mass is 9.94. The zero-order chi connectivity index (χ0) is 18.0. The lowest BCUT2D eigenvalue weighted by Crippen LogP contribution is -2.45. The molecule has 0 N–H and O–H groups in total. The average Bonchev–Trinajstić information content (AvgIpc) is 2.64. The molecule has 136 valence electrons. The summed E-state index contributed by atoms with van der Waals surface area (Å²) in [6, 6.07) is 2.33. The Morgan fingerprint density at radius 3 is 2.20 bits per heavy atom. The largest absolute Gasteiger partial charge is 0.342 e. The van der Waals surface area contributed by atoms with Gasteiger partial charge >= 0.3 is 0 Å². The van der Waals surface area contributed by atoms with Crippen LogP contribution in [0.25, 0.3) is 0 Å². The smallest absolute Gasteiger partial charge is 0.255 e. The van der Waals surface area contributed by atoms with E-state index >= 15 is 0 Å². The number of likely N-dealkylation sites (tertiary alicyclic amines) is 2. The molecule has 2 amide bonds. The van der Waals surface area contributed by atoms with Crippen LogP contribution in [-0.2, 0) is 4.79 Å². The van der Waals surface area contributed by atoms with Crippen molar-refractivity contribution in [3.8, 4) is 0 Å². The molecule has 2 heterocycles. The molecule has 0 spiro atoms. The molecule has 2 fully saturated rings. The molecule has 1 aromatic carbocycles. The van der Waals surface area contributed by atoms with Crippen LogP contribution in [0.1, 0.15) is 42.5 Å². The standard InChI is InChI=1S/C18H21Cl2FN2O2/c19-14-11-15(20)16(21)10-13(14)18(25)23-8-4-12(5-9-23)17(24)22-6-2-1-3-7-22/h10-12H,1-9H2. The molecule has 0 radical (unpaired) electrons. The van der Waals surface area contributed by atoms with Crippen LogP contribution < -0.4 is 0 Å². The van der Waals surface area contributed by atoms with Crippen LogP contribution in [0.15, 0.2) is 12.1 Å². The minimum atomic E-state index is -0.662. The van der Waals surface area contributed by atoms with Crippen LogP contribution in [0, 0.1) is 11.7 Å². The molecule has 7 heteroatoms. The number of hydrogen-bond acceptors (Lipinski definition) is 2. The maximum absolute atomic E-state index is 13.6. The number of rotatable bonds is 2. The van der Waals surface area contributed by atoms with Crippen molar-refractivity contribution in [2.45, 2.75) is 32.1 Å². The highest BCUT2D eigenvalue weighted by molar-refractivity contribution is 6.36. The molecule has 0 aliphatic carbocycles. The van der Waals surface area contributed by atoms with E-state index in [4.69, 9.17) is 23.2 Å². The lowest BCUT2D eigenvalue weighted by molar-refractivity contribution is -0.137. The Hall–Kier alpha value is -1.33. The summed E-state index contributed by atoms with van der Waals surface area (Å²) in [7, 11) is 0. The van der Waals surface area contributed by atoms with Gasteiger partial charge in [0.1, 0.15) is 5.82 Å². The monoisotopic (exact) mass is 386 g/mol. The van der Waals surface area contributed by atoms with Crippen LogP contribution in [-0.4, -0.2) is 47.8 Å². The van der Waals surface area contributed by atoms with E-state index in [0.717, 1.165) is 32.0 Å². The minimum Gasteiger partial charge on any atom is -0.342 e. The van der Waals surface area contributed by atoms with Crippen molar-refractivity contribution in [1.29, 1.82) is 0 Å². The van der Waals surface area contributed by atoms with Gasteiger partial charge in [0.25, 0.3) is 5.91 Å². The third-order valence-electron chi connectivity index (χ3n) is 5.04. The van der Waals surface area contributed by atoms with Gasteiger partial charge in [0.2, 0.25) is 5.91 Å². The average molecular weight is 387 g/mol. The Kier molecular flexibility index (Phi) is 5.85. The second kappa shape index (κ2) is 7.92. The van der Waals surface area contributed by atoms with Crippen molar-refractivity contribution in [2.75, 3.05) is 26.2 Å². The van der Waals surface area contributed by atoms with Gasteiger partial charge in [-0.1, -0.05) is 23.2 Å². The number of hydrogen-bond donors (Lipinski definition) is 0. The van der Waals surface area contributed by atoms with Gasteiger partial charge in [-0.15, -0.1) is 0 Å². The number of halogens is 3. The fraction of sp³-hybridized carbons (Fsp3) is 0.556. The molecule has 4 nitrogen and oxygen atoms in total. The van der Waals surface area contributed by atoms with Gasteiger partial charge < -0.3 is 9.80 Å². The molecular weight excluding hydrogens is 366 g/mol. The van der Waals surface area contributed by atoms with Crippen LogP contribution in [0.5, 0.6) is 0 Å². The molecule has 0 aromatic heterocycles. The highest BCUT2D eigenvalue weighted by atomic mass is 35.5. The van der Waals surface area contributed by atoms with Gasteiger partial charge in [-0.25, -0.2) is 4.39 Å². The number of carbonyl (C=O) groups is 2. The second-order valence-corrected chi connectivity index (χ2v) is 7.51. The molecule has 2 aliphatic rings. The molecule has 0 bridgehead atoms. The van der Waals surface area contributed by atoms with Crippen molar-refractivity contribution in [3.05, 3.63) is 33.6 Å². The maximum Gasteiger partial charge on any atom is 0.255 e. The van der Waals surface area contributed by atoms with Crippen LogP contribution in [0.2, 0.25) is 10.0 Å². The van der Waals surface area contributed by atoms with Crippen molar-refractivity contribution in [2.24, 2.45) is 5.92 Å². The molecule has 0 atom stereocenters. The first kappa shape index (κ1) is 18.5. The van der Waals surface area contributed by atoms with Crippen molar-refractivity contribution in [3.63, 3.8) is 0 Å². The molecule has 25 heavy (non-hydrogen) atoms. The van der Waals surface area contributed by atoms with Gasteiger partial charge in [-0.3, -0.25) is 9.59 Å². The summed E-state index contributed by atoms with van der Waals surface area (Å²) in [5, 5.41) is 0.0373. The van der Waals surface area contributed by atoms with Crippen LogP contribution in [0.3, 0.4) is 0 Å². The van der Waals surface area contributed by atoms with Crippen LogP contribution >= 0.6 is 23.2 Å².